The first-order chi connectivity index (χ1) is 17.8. The van der Waals surface area contributed by atoms with Gasteiger partial charge in [0.25, 0.3) is 0 Å². The first-order valence-electron chi connectivity index (χ1n) is 12.0. The molecule has 0 spiro atoms. The van der Waals surface area contributed by atoms with E-state index in [1.807, 2.05) is 36.4 Å². The summed E-state index contributed by atoms with van der Waals surface area (Å²) in [6.07, 6.45) is 7.62. The van der Waals surface area contributed by atoms with E-state index in [2.05, 4.69) is 20.0 Å². The number of ketones is 1. The molecule has 0 amide bonds. The fraction of sp³-hybridized carbons (Fsp3) is 0.259. The van der Waals surface area contributed by atoms with Gasteiger partial charge in [0.2, 0.25) is 10.0 Å². The van der Waals surface area contributed by atoms with Gasteiger partial charge in [-0.1, -0.05) is 29.8 Å². The summed E-state index contributed by atoms with van der Waals surface area (Å²) in [5.74, 6) is 0.994. The summed E-state index contributed by atoms with van der Waals surface area (Å²) in [6, 6.07) is 16.3. The van der Waals surface area contributed by atoms with Crippen molar-refractivity contribution in [2.75, 3.05) is 11.6 Å². The summed E-state index contributed by atoms with van der Waals surface area (Å²) in [5, 5.41) is 4.54. The highest BCUT2D eigenvalue weighted by Crippen LogP contribution is 2.33. The molecular formula is C27H27ClN4O4S. The predicted molar refractivity (Wildman–Crippen MR) is 145 cm³/mol. The van der Waals surface area contributed by atoms with Gasteiger partial charge in [-0.15, -0.1) is 0 Å². The Balaban J connectivity index is 1.35. The van der Waals surface area contributed by atoms with E-state index >= 15 is 0 Å². The number of hydrogen-bond acceptors (Lipinski definition) is 6. The van der Waals surface area contributed by atoms with Crippen LogP contribution in [-0.4, -0.2) is 42.5 Å². The number of pyridine rings is 1. The van der Waals surface area contributed by atoms with Gasteiger partial charge in [-0.2, -0.15) is 0 Å². The quantitative estimate of drug-likeness (QED) is 0.255. The molecule has 192 valence electrons. The molecule has 2 heterocycles. The highest BCUT2D eigenvalue weighted by molar-refractivity contribution is 7.88. The number of benzene rings is 2. The summed E-state index contributed by atoms with van der Waals surface area (Å²) in [5.41, 5.74) is 2.23. The number of sulfonamides is 1. The second-order valence-corrected chi connectivity index (χ2v) is 11.4. The van der Waals surface area contributed by atoms with Crippen molar-refractivity contribution in [3.8, 4) is 11.5 Å². The monoisotopic (exact) mass is 538 g/mol. The lowest BCUT2D eigenvalue weighted by Gasteiger charge is -2.30. The van der Waals surface area contributed by atoms with Crippen molar-refractivity contribution in [2.24, 2.45) is 0 Å². The summed E-state index contributed by atoms with van der Waals surface area (Å²) in [4.78, 5) is 21.1. The zero-order chi connectivity index (χ0) is 26.0. The third-order valence-corrected chi connectivity index (χ3v) is 7.52. The van der Waals surface area contributed by atoms with Crippen molar-refractivity contribution in [1.29, 1.82) is 0 Å². The van der Waals surface area contributed by atoms with Gasteiger partial charge in [0.1, 0.15) is 17.1 Å². The van der Waals surface area contributed by atoms with E-state index in [0.717, 1.165) is 31.4 Å². The van der Waals surface area contributed by atoms with Crippen LogP contribution in [0.4, 0.5) is 5.69 Å². The Bertz CT molecular complexity index is 1530. The van der Waals surface area contributed by atoms with Crippen LogP contribution in [0.3, 0.4) is 0 Å². The number of fused-ring (bicyclic) bond motifs is 1. The van der Waals surface area contributed by atoms with E-state index in [9.17, 15) is 13.2 Å². The molecule has 0 unspecified atom stereocenters. The Labute approximate surface area is 220 Å². The van der Waals surface area contributed by atoms with E-state index in [1.54, 1.807) is 30.6 Å². The largest absolute Gasteiger partial charge is 0.457 e. The van der Waals surface area contributed by atoms with Crippen LogP contribution in [0.15, 0.2) is 67.0 Å². The fourth-order valence-electron chi connectivity index (χ4n) is 4.75. The summed E-state index contributed by atoms with van der Waals surface area (Å²) >= 11 is 6.52. The minimum Gasteiger partial charge on any atom is -0.457 e. The number of para-hydroxylation sites is 1. The van der Waals surface area contributed by atoms with Crippen LogP contribution in [0, 0.1) is 0 Å². The van der Waals surface area contributed by atoms with Gasteiger partial charge in [-0.05, 0) is 56.0 Å². The average molecular weight is 539 g/mol. The van der Waals surface area contributed by atoms with Crippen molar-refractivity contribution in [2.45, 2.75) is 37.8 Å². The zero-order valence-corrected chi connectivity index (χ0v) is 21.8. The highest BCUT2D eigenvalue weighted by Gasteiger charge is 2.25. The normalized spacial score (nSPS) is 18.0. The van der Waals surface area contributed by atoms with Gasteiger partial charge in [0.15, 0.2) is 5.78 Å². The highest BCUT2D eigenvalue weighted by atomic mass is 35.5. The minimum absolute atomic E-state index is 0.0501. The summed E-state index contributed by atoms with van der Waals surface area (Å²) < 4.78 is 31.6. The third kappa shape index (κ3) is 5.95. The first kappa shape index (κ1) is 25.3. The van der Waals surface area contributed by atoms with Crippen molar-refractivity contribution in [3.63, 3.8) is 0 Å². The molecule has 3 N–H and O–H groups in total. The third-order valence-electron chi connectivity index (χ3n) is 6.45. The molecule has 10 heteroatoms. The molecule has 1 aliphatic carbocycles. The standard InChI is InChI=1S/C27H27ClN4O4S/c1-37(34,35)32-18-9-7-17(8-10-18)31-24-13-14-29-27-25(24)22(16-30-27)26(33)21-12-11-20(15-23(21)28)36-19-5-3-2-4-6-19/h2-6,11-18,32H,7-10H2,1H3,(H2,29,30,31)/t17-,18-. The second kappa shape index (κ2) is 10.5. The lowest BCUT2D eigenvalue weighted by atomic mass is 9.91. The number of nitrogens with one attached hydrogen (secondary N) is 3. The molecule has 2 aromatic carbocycles. The van der Waals surface area contributed by atoms with E-state index in [0.29, 0.717) is 38.7 Å². The Kier molecular flexibility index (Phi) is 7.19. The number of halogens is 1. The van der Waals surface area contributed by atoms with Crippen molar-refractivity contribution >= 4 is 44.1 Å². The van der Waals surface area contributed by atoms with Crippen LogP contribution in [0.2, 0.25) is 5.02 Å². The Morgan fingerprint density at radius 3 is 2.43 bits per heavy atom. The first-order valence-corrected chi connectivity index (χ1v) is 14.3. The smallest absolute Gasteiger partial charge is 0.208 e. The topological polar surface area (TPSA) is 113 Å². The number of nitrogens with zero attached hydrogens (tertiary/aromatic N) is 1. The SMILES string of the molecule is CS(=O)(=O)N[C@H]1CC[C@H](Nc2ccnc3[nH]cc(C(=O)c4ccc(Oc5ccccc5)cc4Cl)c23)CC1. The van der Waals surface area contributed by atoms with Crippen LogP contribution >= 0.6 is 11.6 Å². The van der Waals surface area contributed by atoms with Crippen LogP contribution in [0.1, 0.15) is 41.6 Å². The molecular weight excluding hydrogens is 512 g/mol. The minimum atomic E-state index is -3.22. The van der Waals surface area contributed by atoms with Crippen LogP contribution < -0.4 is 14.8 Å². The van der Waals surface area contributed by atoms with E-state index in [-0.39, 0.29) is 17.9 Å². The van der Waals surface area contributed by atoms with E-state index in [4.69, 9.17) is 16.3 Å². The van der Waals surface area contributed by atoms with Gasteiger partial charge in [-0.25, -0.2) is 18.1 Å². The number of H-pyrrole nitrogens is 1. The molecule has 4 aromatic rings. The van der Waals surface area contributed by atoms with Gasteiger partial charge in [0, 0.05) is 41.8 Å². The van der Waals surface area contributed by atoms with Gasteiger partial charge in [0.05, 0.1) is 22.2 Å². The van der Waals surface area contributed by atoms with E-state index in [1.165, 1.54) is 6.26 Å². The average Bonchev–Trinajstić information content (AvgIpc) is 3.30. The lowest BCUT2D eigenvalue weighted by Crippen LogP contribution is -2.39. The molecule has 1 fully saturated rings. The molecule has 1 saturated carbocycles. The molecule has 0 radical (unpaired) electrons. The molecule has 37 heavy (non-hydrogen) atoms. The van der Waals surface area contributed by atoms with Crippen LogP contribution in [0.5, 0.6) is 11.5 Å². The number of carbonyl (C=O) groups excluding carboxylic acids is 1. The van der Waals surface area contributed by atoms with Gasteiger partial charge >= 0.3 is 0 Å². The summed E-state index contributed by atoms with van der Waals surface area (Å²) in [7, 11) is -3.22. The number of aromatic amines is 1. The van der Waals surface area contributed by atoms with Crippen LogP contribution in [0.25, 0.3) is 11.0 Å². The van der Waals surface area contributed by atoms with Gasteiger partial charge in [-0.3, -0.25) is 4.79 Å². The molecule has 1 aliphatic rings. The van der Waals surface area contributed by atoms with Crippen molar-refractivity contribution in [3.05, 3.63) is 83.1 Å². The van der Waals surface area contributed by atoms with Crippen LogP contribution in [-0.2, 0) is 10.0 Å². The lowest BCUT2D eigenvalue weighted by molar-refractivity contribution is 0.104. The molecule has 0 aliphatic heterocycles. The molecule has 2 aromatic heterocycles. The molecule has 5 rings (SSSR count). The van der Waals surface area contributed by atoms with Gasteiger partial charge < -0.3 is 15.0 Å². The Morgan fingerprint density at radius 1 is 1.00 bits per heavy atom. The zero-order valence-electron chi connectivity index (χ0n) is 20.2. The number of ether oxygens (including phenoxy) is 1. The number of carbonyl (C=O) groups is 1. The molecule has 0 saturated heterocycles. The maximum absolute atomic E-state index is 13.6. The molecule has 8 nitrogen and oxygen atoms in total. The fourth-order valence-corrected chi connectivity index (χ4v) is 5.84. The summed E-state index contributed by atoms with van der Waals surface area (Å²) in [6.45, 7) is 0. The molecule has 0 atom stereocenters. The second-order valence-electron chi connectivity index (χ2n) is 9.25. The van der Waals surface area contributed by atoms with E-state index < -0.39 is 10.0 Å². The predicted octanol–water partition coefficient (Wildman–Crippen LogP) is 5.51. The maximum atomic E-state index is 13.6. The Morgan fingerprint density at radius 2 is 1.73 bits per heavy atom. The number of aromatic nitrogens is 2. The number of anilines is 1. The van der Waals surface area contributed by atoms with Crippen molar-refractivity contribution in [1.82, 2.24) is 14.7 Å². The number of rotatable bonds is 8. The molecule has 0 bridgehead atoms. The Hall–Kier alpha value is -3.40. The van der Waals surface area contributed by atoms with Crippen molar-refractivity contribution < 1.29 is 17.9 Å². The number of hydrogen-bond donors (Lipinski definition) is 3. The maximum Gasteiger partial charge on any atom is 0.208 e.